The van der Waals surface area contributed by atoms with Gasteiger partial charge in [0.1, 0.15) is 17.2 Å². The lowest BCUT2D eigenvalue weighted by molar-refractivity contribution is -0.145. The second-order valence-electron chi connectivity index (χ2n) is 8.92. The number of hydrogen-bond donors (Lipinski definition) is 2. The molecule has 1 spiro atoms. The first-order valence-electron chi connectivity index (χ1n) is 11.9. The normalized spacial score (nSPS) is 18.6. The molecule has 6 heteroatoms. The van der Waals surface area contributed by atoms with Crippen molar-refractivity contribution in [3.05, 3.63) is 83.2 Å². The van der Waals surface area contributed by atoms with E-state index in [1.807, 2.05) is 30.3 Å². The first-order chi connectivity index (χ1) is 16.4. The number of benzene rings is 2. The maximum absolute atomic E-state index is 13.7. The SMILES string of the molecule is CCOC(=O)C[C@@H](O)C[C@H](O)/C=C/C1=C(c2ccc(F)cc2)c2ccccc2OC12CCCC2. The van der Waals surface area contributed by atoms with Crippen LogP contribution in [0.1, 0.15) is 56.6 Å². The summed E-state index contributed by atoms with van der Waals surface area (Å²) in [7, 11) is 0. The van der Waals surface area contributed by atoms with Crippen molar-refractivity contribution in [1.29, 1.82) is 0 Å². The van der Waals surface area contributed by atoms with Crippen LogP contribution in [-0.4, -0.2) is 40.6 Å². The van der Waals surface area contributed by atoms with Crippen LogP contribution < -0.4 is 4.74 Å². The number of aliphatic hydroxyl groups excluding tert-OH is 2. The van der Waals surface area contributed by atoms with Gasteiger partial charge < -0.3 is 19.7 Å². The Morgan fingerprint density at radius 3 is 2.56 bits per heavy atom. The molecule has 1 fully saturated rings. The Labute approximate surface area is 199 Å². The number of esters is 1. The second-order valence-corrected chi connectivity index (χ2v) is 8.92. The molecule has 2 aliphatic rings. The summed E-state index contributed by atoms with van der Waals surface area (Å²) >= 11 is 0. The number of fused-ring (bicyclic) bond motifs is 1. The zero-order valence-corrected chi connectivity index (χ0v) is 19.4. The fraction of sp³-hybridized carbons (Fsp3) is 0.393. The van der Waals surface area contributed by atoms with E-state index in [4.69, 9.17) is 9.47 Å². The van der Waals surface area contributed by atoms with Crippen molar-refractivity contribution in [3.8, 4) is 5.75 Å². The summed E-state index contributed by atoms with van der Waals surface area (Å²) in [6.07, 6.45) is 5.14. The molecule has 2 aromatic rings. The Kier molecular flexibility index (Phi) is 7.49. The molecule has 2 aromatic carbocycles. The standard InChI is InChI=1S/C28H31FO5/c1-2-33-26(32)18-22(31)17-21(30)13-14-24-27(19-9-11-20(29)12-10-19)23-7-3-4-8-25(23)34-28(24)15-5-6-16-28/h3-4,7-14,21-22,30-31H,2,5-6,15-18H2,1H3/b14-13+/t21-,22+/m1/s1. The third kappa shape index (κ3) is 5.24. The largest absolute Gasteiger partial charge is 0.482 e. The highest BCUT2D eigenvalue weighted by atomic mass is 19.1. The molecule has 0 saturated heterocycles. The summed E-state index contributed by atoms with van der Waals surface area (Å²) < 4.78 is 25.2. The molecule has 0 amide bonds. The van der Waals surface area contributed by atoms with Crippen LogP contribution >= 0.6 is 0 Å². The van der Waals surface area contributed by atoms with E-state index in [0.29, 0.717) is 0 Å². The Morgan fingerprint density at radius 1 is 1.15 bits per heavy atom. The van der Waals surface area contributed by atoms with Gasteiger partial charge in [-0.3, -0.25) is 4.79 Å². The van der Waals surface area contributed by atoms with Gasteiger partial charge in [0.15, 0.2) is 0 Å². The predicted molar refractivity (Wildman–Crippen MR) is 128 cm³/mol. The van der Waals surface area contributed by atoms with Gasteiger partial charge >= 0.3 is 5.97 Å². The maximum Gasteiger partial charge on any atom is 0.308 e. The summed E-state index contributed by atoms with van der Waals surface area (Å²) in [6.45, 7) is 1.95. The van der Waals surface area contributed by atoms with Crippen LogP contribution in [0, 0.1) is 5.82 Å². The maximum atomic E-state index is 13.7. The van der Waals surface area contributed by atoms with Crippen LogP contribution in [0.5, 0.6) is 5.75 Å². The van der Waals surface area contributed by atoms with Gasteiger partial charge in [0.25, 0.3) is 0 Å². The molecule has 0 aromatic heterocycles. The monoisotopic (exact) mass is 466 g/mol. The number of para-hydroxylation sites is 1. The van der Waals surface area contributed by atoms with Gasteiger partial charge in [-0.25, -0.2) is 4.39 Å². The quantitative estimate of drug-likeness (QED) is 0.538. The molecule has 0 unspecified atom stereocenters. The first-order valence-corrected chi connectivity index (χ1v) is 11.9. The molecule has 0 radical (unpaired) electrons. The number of rotatable bonds is 8. The molecule has 1 heterocycles. The Bertz CT molecular complexity index is 1070. The highest BCUT2D eigenvalue weighted by molar-refractivity contribution is 5.89. The van der Waals surface area contributed by atoms with E-state index >= 15 is 0 Å². The Hall–Kier alpha value is -2.96. The van der Waals surface area contributed by atoms with Gasteiger partial charge in [0.2, 0.25) is 0 Å². The van der Waals surface area contributed by atoms with E-state index in [2.05, 4.69) is 0 Å². The molecule has 5 nitrogen and oxygen atoms in total. The van der Waals surface area contributed by atoms with E-state index in [1.165, 1.54) is 12.1 Å². The number of carbonyl (C=O) groups is 1. The lowest BCUT2D eigenvalue weighted by Gasteiger charge is -2.39. The summed E-state index contributed by atoms with van der Waals surface area (Å²) in [5, 5.41) is 20.8. The van der Waals surface area contributed by atoms with Gasteiger partial charge in [-0.2, -0.15) is 0 Å². The van der Waals surface area contributed by atoms with E-state index < -0.39 is 23.8 Å². The van der Waals surface area contributed by atoms with Gasteiger partial charge in [0.05, 0.1) is 25.2 Å². The van der Waals surface area contributed by atoms with Gasteiger partial charge in [-0.1, -0.05) is 42.5 Å². The van der Waals surface area contributed by atoms with Crippen LogP contribution in [0.25, 0.3) is 5.57 Å². The van der Waals surface area contributed by atoms with E-state index in [-0.39, 0.29) is 25.3 Å². The zero-order valence-electron chi connectivity index (χ0n) is 19.4. The van der Waals surface area contributed by atoms with E-state index in [9.17, 15) is 19.4 Å². The number of carbonyl (C=O) groups excluding carboxylic acids is 1. The van der Waals surface area contributed by atoms with Crippen LogP contribution in [0.15, 0.2) is 66.3 Å². The number of halogens is 1. The second kappa shape index (κ2) is 10.5. The lowest BCUT2D eigenvalue weighted by Crippen LogP contribution is -2.38. The van der Waals surface area contributed by atoms with Crippen molar-refractivity contribution in [2.75, 3.05) is 6.61 Å². The molecular formula is C28H31FO5. The highest BCUT2D eigenvalue weighted by Crippen LogP contribution is 2.50. The van der Waals surface area contributed by atoms with Gasteiger partial charge in [-0.15, -0.1) is 0 Å². The van der Waals surface area contributed by atoms with Crippen LogP contribution in [0.3, 0.4) is 0 Å². The minimum Gasteiger partial charge on any atom is -0.482 e. The molecule has 180 valence electrons. The van der Waals surface area contributed by atoms with Crippen molar-refractivity contribution in [3.63, 3.8) is 0 Å². The minimum absolute atomic E-state index is 0.0128. The molecule has 1 aliphatic carbocycles. The minimum atomic E-state index is -1.01. The Morgan fingerprint density at radius 2 is 1.85 bits per heavy atom. The van der Waals surface area contributed by atoms with E-state index in [0.717, 1.165) is 53.7 Å². The predicted octanol–water partition coefficient (Wildman–Crippen LogP) is 4.95. The number of ether oxygens (including phenoxy) is 2. The number of hydrogen-bond acceptors (Lipinski definition) is 5. The molecule has 0 bridgehead atoms. The summed E-state index contributed by atoms with van der Waals surface area (Å²) in [5.41, 5.74) is 3.16. The number of aliphatic hydroxyl groups is 2. The highest BCUT2D eigenvalue weighted by Gasteiger charge is 2.44. The van der Waals surface area contributed by atoms with E-state index in [1.54, 1.807) is 25.1 Å². The van der Waals surface area contributed by atoms with Crippen molar-refractivity contribution >= 4 is 11.5 Å². The van der Waals surface area contributed by atoms with Gasteiger partial charge in [-0.05, 0) is 61.9 Å². The average molecular weight is 467 g/mol. The smallest absolute Gasteiger partial charge is 0.308 e. The third-order valence-electron chi connectivity index (χ3n) is 6.47. The molecule has 4 rings (SSSR count). The first kappa shape index (κ1) is 24.2. The summed E-state index contributed by atoms with van der Waals surface area (Å²) in [6, 6.07) is 14.3. The fourth-order valence-corrected chi connectivity index (χ4v) is 4.94. The van der Waals surface area contributed by atoms with Crippen molar-refractivity contribution in [1.82, 2.24) is 0 Å². The van der Waals surface area contributed by atoms with Crippen molar-refractivity contribution in [2.24, 2.45) is 0 Å². The molecule has 2 N–H and O–H groups in total. The molecule has 2 atom stereocenters. The molecular weight excluding hydrogens is 435 g/mol. The molecule has 34 heavy (non-hydrogen) atoms. The van der Waals surface area contributed by atoms with Gasteiger partial charge in [0, 0.05) is 17.6 Å². The molecule has 1 aliphatic heterocycles. The summed E-state index contributed by atoms with van der Waals surface area (Å²) in [4.78, 5) is 11.6. The lowest BCUT2D eigenvalue weighted by atomic mass is 9.79. The van der Waals surface area contributed by atoms with Crippen molar-refractivity contribution < 1.29 is 28.9 Å². The van der Waals surface area contributed by atoms with Crippen LogP contribution in [0.4, 0.5) is 4.39 Å². The molecule has 1 saturated carbocycles. The van der Waals surface area contributed by atoms with Crippen molar-refractivity contribution in [2.45, 2.75) is 63.3 Å². The van der Waals surface area contributed by atoms with Crippen LogP contribution in [-0.2, 0) is 9.53 Å². The average Bonchev–Trinajstić information content (AvgIpc) is 3.26. The third-order valence-corrected chi connectivity index (χ3v) is 6.47. The topological polar surface area (TPSA) is 76.0 Å². The fourth-order valence-electron chi connectivity index (χ4n) is 4.94. The Balaban J connectivity index is 1.70. The van der Waals surface area contributed by atoms with Crippen LogP contribution in [0.2, 0.25) is 0 Å². The zero-order chi connectivity index (χ0) is 24.1. The summed E-state index contributed by atoms with van der Waals surface area (Å²) in [5.74, 6) is 0.00402.